The van der Waals surface area contributed by atoms with Gasteiger partial charge in [-0.1, -0.05) is 0 Å². The highest BCUT2D eigenvalue weighted by Crippen LogP contribution is 1.72. The third-order valence-electron chi connectivity index (χ3n) is 0.513. The summed E-state index contributed by atoms with van der Waals surface area (Å²) in [6.07, 6.45) is 2.85. The van der Waals surface area contributed by atoms with Crippen LogP contribution in [0.15, 0.2) is 12.2 Å². The molecule has 0 aromatic rings. The van der Waals surface area contributed by atoms with Crippen molar-refractivity contribution in [2.75, 3.05) is 0 Å². The molecular weight excluding hydrogens is 102 g/mol. The van der Waals surface area contributed by atoms with E-state index in [4.69, 9.17) is 16.6 Å². The van der Waals surface area contributed by atoms with E-state index in [1.807, 2.05) is 0 Å². The summed E-state index contributed by atoms with van der Waals surface area (Å²) >= 11 is 0. The third kappa shape index (κ3) is 4.88. The highest BCUT2D eigenvalue weighted by atomic mass is 14.7. The van der Waals surface area contributed by atoms with Crippen molar-refractivity contribution < 1.29 is 1.43 Å². The highest BCUT2D eigenvalue weighted by Gasteiger charge is 1.76. The van der Waals surface area contributed by atoms with Crippen LogP contribution in [0.4, 0.5) is 0 Å². The molecule has 0 amide bonds. The molecule has 0 radical (unpaired) electrons. The van der Waals surface area contributed by atoms with Crippen LogP contribution < -0.4 is 5.73 Å². The third-order valence-corrected chi connectivity index (χ3v) is 0.513. The van der Waals surface area contributed by atoms with E-state index in [9.17, 15) is 0 Å². The molecule has 0 atom stereocenters. The average Bonchev–Trinajstić information content (AvgIpc) is 1.61. The Labute approximate surface area is 49.7 Å². The predicted octanol–water partition coefficient (Wildman–Crippen LogP) is 0.764. The fraction of sp³-hybridized carbons (Fsp3) is 0.200. The predicted molar refractivity (Wildman–Crippen MR) is 36.6 cm³/mol. The second kappa shape index (κ2) is 2.96. The normalized spacial score (nSPS) is 9.62. The Hall–Kier alpha value is -1.12. The fourth-order valence-corrected chi connectivity index (χ4v) is 0.215. The van der Waals surface area contributed by atoms with Crippen molar-refractivity contribution >= 4 is 11.5 Å². The molecule has 0 fully saturated rings. The lowest BCUT2D eigenvalue weighted by molar-refractivity contribution is 1.46. The van der Waals surface area contributed by atoms with Gasteiger partial charge in [0.25, 0.3) is 0 Å². The van der Waals surface area contributed by atoms with Gasteiger partial charge >= 0.3 is 0 Å². The van der Waals surface area contributed by atoms with E-state index in [1.54, 1.807) is 6.92 Å². The van der Waals surface area contributed by atoms with Crippen molar-refractivity contribution in [3.05, 3.63) is 12.2 Å². The number of nitrogens with two attached hydrogens (primary N) is 1. The van der Waals surface area contributed by atoms with Gasteiger partial charge in [0.2, 0.25) is 0 Å². The fourth-order valence-electron chi connectivity index (χ4n) is 0.215. The van der Waals surface area contributed by atoms with Crippen molar-refractivity contribution in [1.29, 1.82) is 10.8 Å². The monoisotopic (exact) mass is 113 g/mol. The molecule has 0 aliphatic carbocycles. The lowest BCUT2D eigenvalue weighted by atomic mass is 10.3. The number of amidine groups is 1. The Bertz CT molecular complexity index is 123. The zero-order chi connectivity index (χ0) is 6.57. The molecule has 0 aromatic carbocycles. The minimum absolute atomic E-state index is 0. The van der Waals surface area contributed by atoms with Gasteiger partial charge in [-0.05, 0) is 19.1 Å². The number of hydrogen-bond donors (Lipinski definition) is 3. The minimum atomic E-state index is -0.0170. The van der Waals surface area contributed by atoms with Gasteiger partial charge in [-0.2, -0.15) is 0 Å². The Morgan fingerprint density at radius 1 is 1.50 bits per heavy atom. The van der Waals surface area contributed by atoms with Crippen molar-refractivity contribution in [2.24, 2.45) is 5.73 Å². The number of rotatable bonds is 2. The summed E-state index contributed by atoms with van der Waals surface area (Å²) in [7, 11) is 0. The number of hydrogen-bond acceptors (Lipinski definition) is 2. The van der Waals surface area contributed by atoms with Crippen LogP contribution in [0.25, 0.3) is 0 Å². The molecule has 0 saturated heterocycles. The Balaban J connectivity index is 0. The van der Waals surface area contributed by atoms with Gasteiger partial charge in [0.05, 0.1) is 0 Å². The summed E-state index contributed by atoms with van der Waals surface area (Å²) in [6, 6.07) is 0. The van der Waals surface area contributed by atoms with Crippen LogP contribution in [0.2, 0.25) is 0 Å². The molecule has 0 aliphatic rings. The molecular formula is C5H11N3. The molecule has 0 heterocycles. The van der Waals surface area contributed by atoms with Gasteiger partial charge in [0.1, 0.15) is 5.84 Å². The maximum Gasteiger partial charge on any atom is 0.115 e. The molecule has 46 valence electrons. The van der Waals surface area contributed by atoms with Crippen molar-refractivity contribution in [3.63, 3.8) is 0 Å². The van der Waals surface area contributed by atoms with Crippen LogP contribution in [0.5, 0.6) is 0 Å². The van der Waals surface area contributed by atoms with Crippen LogP contribution in [-0.2, 0) is 0 Å². The first-order valence-corrected chi connectivity index (χ1v) is 2.20. The van der Waals surface area contributed by atoms with Crippen LogP contribution in [0.3, 0.4) is 0 Å². The molecule has 0 unspecified atom stereocenters. The summed E-state index contributed by atoms with van der Waals surface area (Å²) in [5.41, 5.74) is 5.34. The molecule has 0 rings (SSSR count). The smallest absolute Gasteiger partial charge is 0.115 e. The van der Waals surface area contributed by atoms with Gasteiger partial charge in [-0.25, -0.2) is 0 Å². The van der Waals surface area contributed by atoms with Crippen LogP contribution in [0.1, 0.15) is 8.35 Å². The zero-order valence-corrected chi connectivity index (χ0v) is 4.73. The summed E-state index contributed by atoms with van der Waals surface area (Å²) in [5.74, 6) is -0.0170. The SMILES string of the molecule is CC(=N)/C=C\C(=N)N.[HH]. The van der Waals surface area contributed by atoms with E-state index in [0.717, 1.165) is 0 Å². The molecule has 0 aromatic heterocycles. The van der Waals surface area contributed by atoms with Gasteiger partial charge < -0.3 is 11.1 Å². The Morgan fingerprint density at radius 2 is 2.00 bits per heavy atom. The van der Waals surface area contributed by atoms with Gasteiger partial charge in [0.15, 0.2) is 0 Å². The average molecular weight is 113 g/mol. The standard InChI is InChI=1S/C5H9N3.H2/c1-4(6)2-3-5(7)8;/h2-3,6H,1H3,(H3,7,8);1H/b3-2-,6-4?;. The maximum atomic E-state index is 6.85. The van der Waals surface area contributed by atoms with Crippen LogP contribution in [-0.4, -0.2) is 11.5 Å². The van der Waals surface area contributed by atoms with E-state index in [-0.39, 0.29) is 7.26 Å². The summed E-state index contributed by atoms with van der Waals surface area (Å²) in [6.45, 7) is 1.62. The lowest BCUT2D eigenvalue weighted by Crippen LogP contribution is -2.04. The highest BCUT2D eigenvalue weighted by molar-refractivity contribution is 5.98. The molecule has 4 N–H and O–H groups in total. The number of nitrogens with one attached hydrogen (secondary N) is 2. The van der Waals surface area contributed by atoms with E-state index < -0.39 is 0 Å². The first-order chi connectivity index (χ1) is 3.63. The lowest BCUT2D eigenvalue weighted by Gasteiger charge is -1.81. The first kappa shape index (κ1) is 6.88. The summed E-state index contributed by atoms with van der Waals surface area (Å²) in [5, 5.41) is 13.5. The van der Waals surface area contributed by atoms with Crippen LogP contribution >= 0.6 is 0 Å². The quantitative estimate of drug-likeness (QED) is 0.359. The van der Waals surface area contributed by atoms with E-state index in [1.165, 1.54) is 12.2 Å². The topological polar surface area (TPSA) is 73.7 Å². The molecule has 0 bridgehead atoms. The molecule has 8 heavy (non-hydrogen) atoms. The minimum Gasteiger partial charge on any atom is -0.384 e. The zero-order valence-electron chi connectivity index (χ0n) is 4.73. The van der Waals surface area contributed by atoms with Crippen molar-refractivity contribution in [1.82, 2.24) is 0 Å². The molecule has 0 spiro atoms. The summed E-state index contributed by atoms with van der Waals surface area (Å²) < 4.78 is 0. The molecule has 3 heteroatoms. The second-order valence-electron chi connectivity index (χ2n) is 1.47. The maximum absolute atomic E-state index is 6.85. The second-order valence-corrected chi connectivity index (χ2v) is 1.47. The molecule has 0 saturated carbocycles. The van der Waals surface area contributed by atoms with E-state index >= 15 is 0 Å². The first-order valence-electron chi connectivity index (χ1n) is 2.20. The Morgan fingerprint density at radius 3 is 2.12 bits per heavy atom. The van der Waals surface area contributed by atoms with Crippen LogP contribution in [0, 0.1) is 10.8 Å². The van der Waals surface area contributed by atoms with Gasteiger partial charge in [-0.3, -0.25) is 5.41 Å². The molecule has 0 aliphatic heterocycles. The van der Waals surface area contributed by atoms with Crippen molar-refractivity contribution in [2.45, 2.75) is 6.92 Å². The molecule has 3 nitrogen and oxygen atoms in total. The summed E-state index contributed by atoms with van der Waals surface area (Å²) in [4.78, 5) is 0. The van der Waals surface area contributed by atoms with E-state index in [0.29, 0.717) is 5.71 Å². The largest absolute Gasteiger partial charge is 0.384 e. The van der Waals surface area contributed by atoms with Crippen molar-refractivity contribution in [3.8, 4) is 0 Å². The van der Waals surface area contributed by atoms with Gasteiger partial charge in [0, 0.05) is 7.14 Å². The van der Waals surface area contributed by atoms with Gasteiger partial charge in [-0.15, -0.1) is 0 Å². The Kier molecular flexibility index (Phi) is 2.54. The number of allylic oxidation sites excluding steroid dienone is 1. The van der Waals surface area contributed by atoms with E-state index in [2.05, 4.69) is 0 Å².